The molecule has 0 bridgehead atoms. The van der Waals surface area contributed by atoms with Gasteiger partial charge >= 0.3 is 0 Å². The topological polar surface area (TPSA) is 58.4 Å². The van der Waals surface area contributed by atoms with E-state index in [1.807, 2.05) is 60.7 Å². The van der Waals surface area contributed by atoms with Gasteiger partial charge in [0.05, 0.1) is 6.04 Å². The van der Waals surface area contributed by atoms with Crippen LogP contribution in [-0.2, 0) is 11.2 Å². The lowest BCUT2D eigenvalue weighted by molar-refractivity contribution is -0.126. The number of carbonyl (C=O) groups excluding carboxylic acids is 1. The Morgan fingerprint density at radius 2 is 1.59 bits per heavy atom. The average Bonchev–Trinajstić information content (AvgIpc) is 3.29. The second-order valence-electron chi connectivity index (χ2n) is 8.39. The lowest BCUT2D eigenvalue weighted by Crippen LogP contribution is -2.42. The summed E-state index contributed by atoms with van der Waals surface area (Å²) in [5.41, 5.74) is 4.02. The Balaban J connectivity index is 1.24. The fourth-order valence-corrected chi connectivity index (χ4v) is 4.41. The van der Waals surface area contributed by atoms with Crippen LogP contribution in [0, 0.1) is 5.92 Å². The van der Waals surface area contributed by atoms with Crippen LogP contribution >= 0.6 is 0 Å². The molecule has 1 N–H and O–H groups in total. The molecule has 5 nitrogen and oxygen atoms in total. The van der Waals surface area contributed by atoms with Crippen LogP contribution in [-0.4, -0.2) is 24.0 Å². The van der Waals surface area contributed by atoms with Gasteiger partial charge in [0.1, 0.15) is 5.52 Å². The molecule has 0 radical (unpaired) electrons. The molecule has 1 aliphatic rings. The zero-order valence-electron chi connectivity index (χ0n) is 18.0. The first kappa shape index (κ1) is 20.3. The van der Waals surface area contributed by atoms with Crippen molar-refractivity contribution in [1.82, 2.24) is 10.3 Å². The van der Waals surface area contributed by atoms with Gasteiger partial charge in [-0.05, 0) is 42.5 Å². The van der Waals surface area contributed by atoms with Crippen LogP contribution in [0.5, 0.6) is 0 Å². The molecule has 1 unspecified atom stereocenters. The summed E-state index contributed by atoms with van der Waals surface area (Å²) in [6.07, 6.45) is 2.35. The largest absolute Gasteiger partial charge is 0.423 e. The standard InChI is InChI=1S/C27H27N3O2/c31-26(28-24(21-11-5-2-6-12-21)19-20-9-3-1-4-10-20)22-15-17-30(18-16-22)27-29-23-13-7-8-14-25(23)32-27/h1-14,22,24H,15-19H2,(H,28,31). The second kappa shape index (κ2) is 9.27. The molecule has 4 aromatic rings. The van der Waals surface area contributed by atoms with Gasteiger partial charge in [0, 0.05) is 19.0 Å². The number of nitrogens with zero attached hydrogens (tertiary/aromatic N) is 2. The molecule has 0 saturated carbocycles. The van der Waals surface area contributed by atoms with E-state index in [2.05, 4.69) is 39.5 Å². The van der Waals surface area contributed by atoms with E-state index in [0.717, 1.165) is 49.0 Å². The van der Waals surface area contributed by atoms with Crippen molar-refractivity contribution in [3.8, 4) is 0 Å². The Hall–Kier alpha value is -3.60. The van der Waals surface area contributed by atoms with Crippen molar-refractivity contribution in [3.63, 3.8) is 0 Å². The highest BCUT2D eigenvalue weighted by molar-refractivity contribution is 5.79. The molecule has 3 aromatic carbocycles. The monoisotopic (exact) mass is 425 g/mol. The van der Waals surface area contributed by atoms with E-state index in [1.54, 1.807) is 0 Å². The number of benzene rings is 3. The van der Waals surface area contributed by atoms with E-state index in [-0.39, 0.29) is 17.9 Å². The van der Waals surface area contributed by atoms with Gasteiger partial charge in [-0.2, -0.15) is 4.98 Å². The van der Waals surface area contributed by atoms with Gasteiger partial charge in [-0.3, -0.25) is 4.79 Å². The highest BCUT2D eigenvalue weighted by atomic mass is 16.4. The molecule has 1 atom stereocenters. The third kappa shape index (κ3) is 4.52. The Bertz CT molecular complexity index is 1130. The maximum absolute atomic E-state index is 13.2. The summed E-state index contributed by atoms with van der Waals surface area (Å²) in [5.74, 6) is 0.129. The molecule has 5 heteroatoms. The first-order chi connectivity index (χ1) is 15.8. The lowest BCUT2D eigenvalue weighted by Gasteiger charge is -2.31. The van der Waals surface area contributed by atoms with Gasteiger partial charge in [-0.15, -0.1) is 0 Å². The van der Waals surface area contributed by atoms with E-state index < -0.39 is 0 Å². The smallest absolute Gasteiger partial charge is 0.298 e. The number of carbonyl (C=O) groups is 1. The molecular formula is C27H27N3O2. The zero-order chi connectivity index (χ0) is 21.8. The number of piperidine rings is 1. The van der Waals surface area contributed by atoms with Crippen LogP contribution in [0.15, 0.2) is 89.3 Å². The molecule has 0 spiro atoms. The first-order valence-electron chi connectivity index (χ1n) is 11.3. The first-order valence-corrected chi connectivity index (χ1v) is 11.3. The molecule has 1 aromatic heterocycles. The Kier molecular flexibility index (Phi) is 5.88. The minimum atomic E-state index is -0.0406. The number of hydrogen-bond donors (Lipinski definition) is 1. The van der Waals surface area contributed by atoms with Crippen molar-refractivity contribution in [2.75, 3.05) is 18.0 Å². The van der Waals surface area contributed by atoms with Gasteiger partial charge in [-0.1, -0.05) is 72.8 Å². The van der Waals surface area contributed by atoms with E-state index in [0.29, 0.717) is 6.01 Å². The summed E-state index contributed by atoms with van der Waals surface area (Å²) >= 11 is 0. The number of amides is 1. The van der Waals surface area contributed by atoms with Gasteiger partial charge in [0.15, 0.2) is 5.58 Å². The normalized spacial score (nSPS) is 15.6. The van der Waals surface area contributed by atoms with Crippen LogP contribution in [0.4, 0.5) is 6.01 Å². The molecular weight excluding hydrogens is 398 g/mol. The Morgan fingerprint density at radius 3 is 2.31 bits per heavy atom. The highest BCUT2D eigenvalue weighted by Gasteiger charge is 2.28. The predicted molar refractivity (Wildman–Crippen MR) is 126 cm³/mol. The van der Waals surface area contributed by atoms with Crippen LogP contribution < -0.4 is 10.2 Å². The molecule has 2 heterocycles. The van der Waals surface area contributed by atoms with E-state index in [1.165, 1.54) is 5.56 Å². The molecule has 1 fully saturated rings. The fourth-order valence-electron chi connectivity index (χ4n) is 4.41. The van der Waals surface area contributed by atoms with Gasteiger partial charge < -0.3 is 14.6 Å². The molecule has 162 valence electrons. The van der Waals surface area contributed by atoms with E-state index >= 15 is 0 Å². The fraction of sp³-hybridized carbons (Fsp3) is 0.259. The van der Waals surface area contributed by atoms with Gasteiger partial charge in [-0.25, -0.2) is 0 Å². The van der Waals surface area contributed by atoms with Crippen LogP contribution in [0.25, 0.3) is 11.1 Å². The van der Waals surface area contributed by atoms with E-state index in [9.17, 15) is 4.79 Å². The minimum absolute atomic E-state index is 0.00221. The summed E-state index contributed by atoms with van der Waals surface area (Å²) < 4.78 is 5.91. The summed E-state index contributed by atoms with van der Waals surface area (Å²) in [7, 11) is 0. The quantitative estimate of drug-likeness (QED) is 0.464. The molecule has 32 heavy (non-hydrogen) atoms. The maximum atomic E-state index is 13.2. The van der Waals surface area contributed by atoms with E-state index in [4.69, 9.17) is 4.42 Å². The molecule has 1 saturated heterocycles. The number of oxazole rings is 1. The Morgan fingerprint density at radius 1 is 0.938 bits per heavy atom. The van der Waals surface area contributed by atoms with Crippen molar-refractivity contribution in [2.24, 2.45) is 5.92 Å². The third-order valence-corrected chi connectivity index (χ3v) is 6.22. The van der Waals surface area contributed by atoms with Crippen molar-refractivity contribution >= 4 is 23.0 Å². The molecule has 0 aliphatic carbocycles. The van der Waals surface area contributed by atoms with Crippen molar-refractivity contribution in [3.05, 3.63) is 96.1 Å². The van der Waals surface area contributed by atoms with Crippen molar-refractivity contribution in [2.45, 2.75) is 25.3 Å². The van der Waals surface area contributed by atoms with Crippen LogP contribution in [0.2, 0.25) is 0 Å². The SMILES string of the molecule is O=C(NC(Cc1ccccc1)c1ccccc1)C1CCN(c2nc3ccccc3o2)CC1. The van der Waals surface area contributed by atoms with Gasteiger partial charge in [0.2, 0.25) is 5.91 Å². The predicted octanol–water partition coefficient (Wildman–Crippen LogP) is 5.14. The van der Waals surface area contributed by atoms with Crippen LogP contribution in [0.1, 0.15) is 30.0 Å². The molecule has 5 rings (SSSR count). The van der Waals surface area contributed by atoms with Crippen molar-refractivity contribution < 1.29 is 9.21 Å². The van der Waals surface area contributed by atoms with Gasteiger partial charge in [0.25, 0.3) is 6.01 Å². The number of fused-ring (bicyclic) bond motifs is 1. The molecule has 1 amide bonds. The number of nitrogens with one attached hydrogen (secondary N) is 1. The third-order valence-electron chi connectivity index (χ3n) is 6.22. The highest BCUT2D eigenvalue weighted by Crippen LogP contribution is 2.27. The Labute approximate surface area is 188 Å². The number of hydrogen-bond acceptors (Lipinski definition) is 4. The maximum Gasteiger partial charge on any atom is 0.298 e. The lowest BCUT2D eigenvalue weighted by atomic mass is 9.93. The molecule has 1 aliphatic heterocycles. The number of rotatable bonds is 6. The number of para-hydroxylation sites is 2. The second-order valence-corrected chi connectivity index (χ2v) is 8.39. The average molecular weight is 426 g/mol. The summed E-state index contributed by atoms with van der Waals surface area (Å²) in [4.78, 5) is 19.9. The van der Waals surface area contributed by atoms with Crippen molar-refractivity contribution in [1.29, 1.82) is 0 Å². The summed E-state index contributed by atoms with van der Waals surface area (Å²) in [6.45, 7) is 1.53. The number of aromatic nitrogens is 1. The summed E-state index contributed by atoms with van der Waals surface area (Å²) in [5, 5.41) is 3.33. The minimum Gasteiger partial charge on any atom is -0.423 e. The summed E-state index contributed by atoms with van der Waals surface area (Å²) in [6, 6.07) is 29.0. The number of anilines is 1. The van der Waals surface area contributed by atoms with Crippen LogP contribution in [0.3, 0.4) is 0 Å². The zero-order valence-corrected chi connectivity index (χ0v) is 18.0.